The highest BCUT2D eigenvalue weighted by Crippen LogP contribution is 2.24. The van der Waals surface area contributed by atoms with E-state index in [0.717, 1.165) is 25.1 Å². The molecule has 0 radical (unpaired) electrons. The van der Waals surface area contributed by atoms with Gasteiger partial charge in [-0.3, -0.25) is 4.79 Å². The molecule has 1 aromatic carbocycles. The lowest BCUT2D eigenvalue weighted by atomic mass is 10.0. The van der Waals surface area contributed by atoms with Gasteiger partial charge in [0.2, 0.25) is 0 Å². The Hall–Kier alpha value is -1.91. The van der Waals surface area contributed by atoms with E-state index in [0.29, 0.717) is 17.3 Å². The number of nitrogens with zero attached hydrogens (tertiary/aromatic N) is 2. The number of carbonyl (C=O) groups excluding carboxylic acids is 1. The lowest BCUT2D eigenvalue weighted by Gasteiger charge is -2.36. The molecule has 0 spiro atoms. The van der Waals surface area contributed by atoms with Crippen molar-refractivity contribution in [2.75, 3.05) is 19.6 Å². The number of hydrogen-bond acceptors (Lipinski definition) is 3. The summed E-state index contributed by atoms with van der Waals surface area (Å²) in [7, 11) is 0. The van der Waals surface area contributed by atoms with Gasteiger partial charge in [0.05, 0.1) is 11.1 Å². The van der Waals surface area contributed by atoms with E-state index in [1.165, 1.54) is 11.8 Å². The molecule has 23 heavy (non-hydrogen) atoms. The van der Waals surface area contributed by atoms with Gasteiger partial charge in [-0.15, -0.1) is 0 Å². The van der Waals surface area contributed by atoms with Gasteiger partial charge in [0.25, 0.3) is 5.91 Å². The van der Waals surface area contributed by atoms with Crippen molar-refractivity contribution in [1.82, 2.24) is 15.2 Å². The van der Waals surface area contributed by atoms with Gasteiger partial charge >= 0.3 is 0 Å². The Balaban J connectivity index is 1.85. The van der Waals surface area contributed by atoms with Crippen LogP contribution in [0.1, 0.15) is 34.6 Å². The number of benzene rings is 1. The summed E-state index contributed by atoms with van der Waals surface area (Å²) in [6.07, 6.45) is 2.53. The van der Waals surface area contributed by atoms with Gasteiger partial charge in [0.15, 0.2) is 0 Å². The molecule has 1 N–H and O–H groups in total. The first-order valence-electron chi connectivity index (χ1n) is 7.91. The van der Waals surface area contributed by atoms with Crippen LogP contribution in [0.15, 0.2) is 42.6 Å². The fraction of sp³-hybridized carbons (Fsp3) is 0.333. The number of halogens is 1. The molecular formula is C18H20ClN3O. The SMILES string of the molecule is CCc1ccc(C2CNCCN2C(=O)c2ccc(Cl)cn2)cc1. The summed E-state index contributed by atoms with van der Waals surface area (Å²) in [6, 6.07) is 11.9. The van der Waals surface area contributed by atoms with Crippen molar-refractivity contribution in [2.24, 2.45) is 0 Å². The Bertz CT molecular complexity index is 670. The molecule has 1 amide bonds. The minimum atomic E-state index is -0.0484. The second-order valence-electron chi connectivity index (χ2n) is 5.68. The molecule has 1 fully saturated rings. The van der Waals surface area contributed by atoms with Gasteiger partial charge in [-0.05, 0) is 29.7 Å². The first-order valence-corrected chi connectivity index (χ1v) is 8.29. The lowest BCUT2D eigenvalue weighted by Crippen LogP contribution is -2.48. The van der Waals surface area contributed by atoms with Crippen LogP contribution in [-0.2, 0) is 6.42 Å². The van der Waals surface area contributed by atoms with Crippen molar-refractivity contribution >= 4 is 17.5 Å². The summed E-state index contributed by atoms with van der Waals surface area (Å²) in [4.78, 5) is 18.9. The van der Waals surface area contributed by atoms with Crippen LogP contribution in [0.25, 0.3) is 0 Å². The van der Waals surface area contributed by atoms with E-state index in [1.54, 1.807) is 12.1 Å². The second-order valence-corrected chi connectivity index (χ2v) is 6.11. The highest BCUT2D eigenvalue weighted by Gasteiger charge is 2.29. The summed E-state index contributed by atoms with van der Waals surface area (Å²) < 4.78 is 0. The Morgan fingerprint density at radius 2 is 2.09 bits per heavy atom. The van der Waals surface area contributed by atoms with Crippen molar-refractivity contribution in [3.63, 3.8) is 0 Å². The molecular weight excluding hydrogens is 310 g/mol. The number of piperazine rings is 1. The van der Waals surface area contributed by atoms with Gasteiger partial charge in [-0.1, -0.05) is 42.8 Å². The van der Waals surface area contributed by atoms with Crippen LogP contribution in [0, 0.1) is 0 Å². The molecule has 0 bridgehead atoms. The first-order chi connectivity index (χ1) is 11.2. The van der Waals surface area contributed by atoms with Crippen LogP contribution in [0.3, 0.4) is 0 Å². The Labute approximate surface area is 141 Å². The van der Waals surface area contributed by atoms with Gasteiger partial charge in [-0.25, -0.2) is 4.98 Å². The Kier molecular flexibility index (Phi) is 4.94. The number of pyridine rings is 1. The molecule has 0 aliphatic carbocycles. The second kappa shape index (κ2) is 7.11. The molecule has 2 aromatic rings. The van der Waals surface area contributed by atoms with Crippen molar-refractivity contribution < 1.29 is 4.79 Å². The third-order valence-electron chi connectivity index (χ3n) is 4.22. The van der Waals surface area contributed by atoms with Crippen LogP contribution < -0.4 is 5.32 Å². The van der Waals surface area contributed by atoms with Gasteiger partial charge in [-0.2, -0.15) is 0 Å². The summed E-state index contributed by atoms with van der Waals surface area (Å²) >= 11 is 5.86. The molecule has 1 unspecified atom stereocenters. The molecule has 1 aliphatic rings. The number of hydrogen-bond donors (Lipinski definition) is 1. The fourth-order valence-electron chi connectivity index (χ4n) is 2.87. The third-order valence-corrected chi connectivity index (χ3v) is 4.45. The van der Waals surface area contributed by atoms with Crippen LogP contribution in [-0.4, -0.2) is 35.4 Å². The maximum atomic E-state index is 12.8. The van der Waals surface area contributed by atoms with Gasteiger partial charge < -0.3 is 10.2 Å². The Morgan fingerprint density at radius 3 is 2.74 bits per heavy atom. The molecule has 1 aliphatic heterocycles. The van der Waals surface area contributed by atoms with Crippen LogP contribution in [0.2, 0.25) is 5.02 Å². The molecule has 4 nitrogen and oxygen atoms in total. The van der Waals surface area contributed by atoms with Crippen LogP contribution >= 0.6 is 11.6 Å². The molecule has 1 aromatic heterocycles. The minimum absolute atomic E-state index is 0.0274. The normalized spacial score (nSPS) is 18.0. The summed E-state index contributed by atoms with van der Waals surface area (Å²) in [6.45, 7) is 4.36. The van der Waals surface area contributed by atoms with Crippen molar-refractivity contribution in [3.8, 4) is 0 Å². The third kappa shape index (κ3) is 3.54. The quantitative estimate of drug-likeness (QED) is 0.941. The first kappa shape index (κ1) is 16.0. The minimum Gasteiger partial charge on any atom is -0.328 e. The van der Waals surface area contributed by atoms with Crippen LogP contribution in [0.5, 0.6) is 0 Å². The smallest absolute Gasteiger partial charge is 0.273 e. The Morgan fingerprint density at radius 1 is 1.30 bits per heavy atom. The van der Waals surface area contributed by atoms with E-state index in [1.807, 2.05) is 4.90 Å². The average molecular weight is 330 g/mol. The lowest BCUT2D eigenvalue weighted by molar-refractivity contribution is 0.0628. The molecule has 3 rings (SSSR count). The standard InChI is InChI=1S/C18H20ClN3O/c1-2-13-3-5-14(6-4-13)17-12-20-9-10-22(17)18(23)16-8-7-15(19)11-21-16/h3-8,11,17,20H,2,9-10,12H2,1H3. The highest BCUT2D eigenvalue weighted by atomic mass is 35.5. The molecule has 5 heteroatoms. The predicted molar refractivity (Wildman–Crippen MR) is 91.7 cm³/mol. The zero-order valence-electron chi connectivity index (χ0n) is 13.1. The maximum absolute atomic E-state index is 12.8. The zero-order chi connectivity index (χ0) is 16.2. The number of aromatic nitrogens is 1. The van der Waals surface area contributed by atoms with E-state index < -0.39 is 0 Å². The summed E-state index contributed by atoms with van der Waals surface area (Å²) in [5, 5.41) is 3.91. The van der Waals surface area contributed by atoms with E-state index in [-0.39, 0.29) is 11.9 Å². The van der Waals surface area contributed by atoms with Crippen molar-refractivity contribution in [2.45, 2.75) is 19.4 Å². The number of nitrogens with one attached hydrogen (secondary N) is 1. The molecule has 0 saturated carbocycles. The number of aryl methyl sites for hydroxylation is 1. The molecule has 2 heterocycles. The summed E-state index contributed by atoms with van der Waals surface area (Å²) in [5.41, 5.74) is 2.89. The van der Waals surface area contributed by atoms with Crippen molar-refractivity contribution in [1.29, 1.82) is 0 Å². The van der Waals surface area contributed by atoms with E-state index in [9.17, 15) is 4.79 Å². The van der Waals surface area contributed by atoms with E-state index in [4.69, 9.17) is 11.6 Å². The predicted octanol–water partition coefficient (Wildman–Crippen LogP) is 3.08. The highest BCUT2D eigenvalue weighted by molar-refractivity contribution is 6.30. The molecule has 1 saturated heterocycles. The largest absolute Gasteiger partial charge is 0.328 e. The van der Waals surface area contributed by atoms with Crippen LogP contribution in [0.4, 0.5) is 0 Å². The van der Waals surface area contributed by atoms with Gasteiger partial charge in [0, 0.05) is 25.8 Å². The fourth-order valence-corrected chi connectivity index (χ4v) is 2.98. The summed E-state index contributed by atoms with van der Waals surface area (Å²) in [5.74, 6) is -0.0484. The van der Waals surface area contributed by atoms with E-state index >= 15 is 0 Å². The molecule has 1 atom stereocenters. The monoisotopic (exact) mass is 329 g/mol. The van der Waals surface area contributed by atoms with Crippen molar-refractivity contribution in [3.05, 3.63) is 64.4 Å². The average Bonchev–Trinajstić information content (AvgIpc) is 2.62. The topological polar surface area (TPSA) is 45.2 Å². The zero-order valence-corrected chi connectivity index (χ0v) is 13.9. The number of amides is 1. The van der Waals surface area contributed by atoms with Gasteiger partial charge in [0.1, 0.15) is 5.69 Å². The maximum Gasteiger partial charge on any atom is 0.273 e. The number of rotatable bonds is 3. The number of carbonyl (C=O) groups is 1. The van der Waals surface area contributed by atoms with E-state index in [2.05, 4.69) is 41.5 Å². The molecule has 120 valence electrons.